The number of hydrogen-bond donors (Lipinski definition) is 0. The van der Waals surface area contributed by atoms with Crippen LogP contribution in [0.25, 0.3) is 11.3 Å². The summed E-state index contributed by atoms with van der Waals surface area (Å²) in [5.41, 5.74) is 1.62. The Kier molecular flexibility index (Phi) is 3.58. The molecule has 0 atom stereocenters. The number of halogens is 2. The molecule has 2 aromatic rings. The highest BCUT2D eigenvalue weighted by Crippen LogP contribution is 2.33. The third-order valence-corrected chi connectivity index (χ3v) is 3.45. The van der Waals surface area contributed by atoms with E-state index in [1.807, 2.05) is 24.3 Å². The highest BCUT2D eigenvalue weighted by molar-refractivity contribution is 6.30. The SMILES string of the molecule is Clc1ccc(-c2nc(Cl)ncc2OCC2CC2)cc1. The molecule has 19 heavy (non-hydrogen) atoms. The van der Waals surface area contributed by atoms with Crippen LogP contribution in [0.1, 0.15) is 12.8 Å². The monoisotopic (exact) mass is 294 g/mol. The van der Waals surface area contributed by atoms with Crippen LogP contribution >= 0.6 is 23.2 Å². The third kappa shape index (κ3) is 3.17. The second kappa shape index (κ2) is 5.35. The van der Waals surface area contributed by atoms with Crippen molar-refractivity contribution < 1.29 is 4.74 Å². The second-order valence-corrected chi connectivity index (χ2v) is 5.39. The van der Waals surface area contributed by atoms with Gasteiger partial charge in [-0.25, -0.2) is 9.97 Å². The second-order valence-electron chi connectivity index (χ2n) is 4.61. The molecule has 0 saturated heterocycles. The first kappa shape index (κ1) is 12.7. The van der Waals surface area contributed by atoms with Crippen LogP contribution in [0.15, 0.2) is 30.5 Å². The standard InChI is InChI=1S/C14H12Cl2N2O/c15-11-5-3-10(4-6-11)13-12(7-17-14(16)18-13)19-8-9-1-2-9/h3-7,9H,1-2,8H2. The smallest absolute Gasteiger partial charge is 0.223 e. The molecular formula is C14H12Cl2N2O. The Balaban J connectivity index is 1.92. The lowest BCUT2D eigenvalue weighted by molar-refractivity contribution is 0.299. The summed E-state index contributed by atoms with van der Waals surface area (Å²) >= 11 is 11.8. The summed E-state index contributed by atoms with van der Waals surface area (Å²) in [5, 5.41) is 0.896. The van der Waals surface area contributed by atoms with Gasteiger partial charge in [0.1, 0.15) is 5.69 Å². The molecule has 0 spiro atoms. The summed E-state index contributed by atoms with van der Waals surface area (Å²) in [7, 11) is 0. The van der Waals surface area contributed by atoms with Gasteiger partial charge in [0.05, 0.1) is 12.8 Å². The molecule has 3 rings (SSSR count). The van der Waals surface area contributed by atoms with Crippen molar-refractivity contribution in [3.63, 3.8) is 0 Å². The van der Waals surface area contributed by atoms with Crippen LogP contribution in [-0.2, 0) is 0 Å². The molecule has 0 amide bonds. The minimum atomic E-state index is 0.212. The molecule has 0 bridgehead atoms. The van der Waals surface area contributed by atoms with Crippen molar-refractivity contribution in [3.05, 3.63) is 40.8 Å². The zero-order valence-corrected chi connectivity index (χ0v) is 11.7. The number of aromatic nitrogens is 2. The van der Waals surface area contributed by atoms with Gasteiger partial charge in [-0.05, 0) is 42.5 Å². The summed E-state index contributed by atoms with van der Waals surface area (Å²) in [6.07, 6.45) is 4.11. The van der Waals surface area contributed by atoms with Gasteiger partial charge in [0, 0.05) is 10.6 Å². The molecule has 1 aromatic heterocycles. The maximum atomic E-state index is 5.89. The number of nitrogens with zero attached hydrogens (tertiary/aromatic N) is 2. The normalized spacial score (nSPS) is 14.4. The number of ether oxygens (including phenoxy) is 1. The van der Waals surface area contributed by atoms with Gasteiger partial charge in [0.15, 0.2) is 5.75 Å². The van der Waals surface area contributed by atoms with Crippen LogP contribution in [0.5, 0.6) is 5.75 Å². The molecule has 1 saturated carbocycles. The van der Waals surface area contributed by atoms with Crippen molar-refractivity contribution in [2.75, 3.05) is 6.61 Å². The Labute approximate surface area is 121 Å². The largest absolute Gasteiger partial charge is 0.489 e. The van der Waals surface area contributed by atoms with Crippen molar-refractivity contribution >= 4 is 23.2 Å². The molecule has 1 aliphatic rings. The van der Waals surface area contributed by atoms with Crippen LogP contribution in [0, 0.1) is 5.92 Å². The molecule has 0 radical (unpaired) electrons. The first-order valence-corrected chi connectivity index (χ1v) is 6.89. The lowest BCUT2D eigenvalue weighted by Gasteiger charge is -2.10. The van der Waals surface area contributed by atoms with Crippen LogP contribution < -0.4 is 4.74 Å². The molecule has 3 nitrogen and oxygen atoms in total. The zero-order chi connectivity index (χ0) is 13.2. The quantitative estimate of drug-likeness (QED) is 0.791. The lowest BCUT2D eigenvalue weighted by atomic mass is 10.1. The summed E-state index contributed by atoms with van der Waals surface area (Å²) < 4.78 is 5.78. The van der Waals surface area contributed by atoms with Gasteiger partial charge >= 0.3 is 0 Å². The van der Waals surface area contributed by atoms with Gasteiger partial charge in [-0.15, -0.1) is 0 Å². The molecule has 0 aliphatic heterocycles. The van der Waals surface area contributed by atoms with Gasteiger partial charge in [0.2, 0.25) is 5.28 Å². The fraction of sp³-hybridized carbons (Fsp3) is 0.286. The van der Waals surface area contributed by atoms with E-state index in [9.17, 15) is 0 Å². The fourth-order valence-electron chi connectivity index (χ4n) is 1.76. The fourth-order valence-corrected chi connectivity index (χ4v) is 2.02. The van der Waals surface area contributed by atoms with Gasteiger partial charge in [-0.3, -0.25) is 0 Å². The number of hydrogen-bond acceptors (Lipinski definition) is 3. The molecule has 0 N–H and O–H groups in total. The minimum absolute atomic E-state index is 0.212. The summed E-state index contributed by atoms with van der Waals surface area (Å²) in [6.45, 7) is 0.714. The summed E-state index contributed by atoms with van der Waals surface area (Å²) in [4.78, 5) is 8.24. The molecular weight excluding hydrogens is 283 g/mol. The molecule has 1 heterocycles. The van der Waals surface area contributed by atoms with Gasteiger partial charge in [0.25, 0.3) is 0 Å². The van der Waals surface area contributed by atoms with E-state index in [0.717, 1.165) is 5.56 Å². The van der Waals surface area contributed by atoms with E-state index >= 15 is 0 Å². The number of rotatable bonds is 4. The molecule has 5 heteroatoms. The van der Waals surface area contributed by atoms with E-state index in [1.165, 1.54) is 12.8 Å². The van der Waals surface area contributed by atoms with Crippen molar-refractivity contribution in [1.29, 1.82) is 0 Å². The average molecular weight is 295 g/mol. The summed E-state index contributed by atoms with van der Waals surface area (Å²) in [6, 6.07) is 7.42. The predicted octanol–water partition coefficient (Wildman–Crippen LogP) is 4.24. The van der Waals surface area contributed by atoms with E-state index in [4.69, 9.17) is 27.9 Å². The molecule has 0 unspecified atom stereocenters. The van der Waals surface area contributed by atoms with E-state index in [0.29, 0.717) is 29.0 Å². The summed E-state index contributed by atoms with van der Waals surface area (Å²) in [5.74, 6) is 1.34. The van der Waals surface area contributed by atoms with Crippen molar-refractivity contribution in [2.45, 2.75) is 12.8 Å². The Morgan fingerprint density at radius 2 is 1.89 bits per heavy atom. The maximum absolute atomic E-state index is 5.89. The van der Waals surface area contributed by atoms with E-state index in [-0.39, 0.29) is 5.28 Å². The topological polar surface area (TPSA) is 35.0 Å². The van der Waals surface area contributed by atoms with Crippen LogP contribution in [-0.4, -0.2) is 16.6 Å². The minimum Gasteiger partial charge on any atom is -0.489 e. The highest BCUT2D eigenvalue weighted by Gasteiger charge is 2.23. The maximum Gasteiger partial charge on any atom is 0.223 e. The Hall–Kier alpha value is -1.32. The van der Waals surface area contributed by atoms with E-state index in [1.54, 1.807) is 6.20 Å². The third-order valence-electron chi connectivity index (χ3n) is 3.01. The van der Waals surface area contributed by atoms with Crippen LogP contribution in [0.4, 0.5) is 0 Å². The van der Waals surface area contributed by atoms with Crippen molar-refractivity contribution in [2.24, 2.45) is 5.92 Å². The lowest BCUT2D eigenvalue weighted by Crippen LogP contribution is -2.02. The van der Waals surface area contributed by atoms with Crippen LogP contribution in [0.2, 0.25) is 10.3 Å². The Morgan fingerprint density at radius 1 is 1.16 bits per heavy atom. The first-order chi connectivity index (χ1) is 9.22. The predicted molar refractivity (Wildman–Crippen MR) is 75.7 cm³/mol. The molecule has 1 fully saturated rings. The Bertz CT molecular complexity index is 582. The number of benzene rings is 1. The van der Waals surface area contributed by atoms with Gasteiger partial charge in [-0.2, -0.15) is 0 Å². The van der Waals surface area contributed by atoms with Crippen molar-refractivity contribution in [1.82, 2.24) is 9.97 Å². The van der Waals surface area contributed by atoms with Crippen LogP contribution in [0.3, 0.4) is 0 Å². The molecule has 98 valence electrons. The molecule has 1 aliphatic carbocycles. The highest BCUT2D eigenvalue weighted by atomic mass is 35.5. The van der Waals surface area contributed by atoms with E-state index in [2.05, 4.69) is 9.97 Å². The molecule has 1 aromatic carbocycles. The van der Waals surface area contributed by atoms with E-state index < -0.39 is 0 Å². The van der Waals surface area contributed by atoms with Gasteiger partial charge < -0.3 is 4.74 Å². The van der Waals surface area contributed by atoms with Gasteiger partial charge in [-0.1, -0.05) is 23.7 Å². The van der Waals surface area contributed by atoms with Crippen molar-refractivity contribution in [3.8, 4) is 17.0 Å². The average Bonchev–Trinajstić information content (AvgIpc) is 3.22. The first-order valence-electron chi connectivity index (χ1n) is 6.13. The zero-order valence-electron chi connectivity index (χ0n) is 10.1. The Morgan fingerprint density at radius 3 is 2.58 bits per heavy atom.